The lowest BCUT2D eigenvalue weighted by atomic mass is 9.85. The van der Waals surface area contributed by atoms with E-state index in [1.165, 1.54) is 0 Å². The molecule has 1 aliphatic carbocycles. The van der Waals surface area contributed by atoms with Gasteiger partial charge in [0.05, 0.1) is 24.2 Å². The maximum atomic E-state index is 12.3. The van der Waals surface area contributed by atoms with Crippen LogP contribution in [0, 0.1) is 0 Å². The molecule has 134 valence electrons. The number of fused-ring (bicyclic) bond motifs is 1. The van der Waals surface area contributed by atoms with Gasteiger partial charge in [0.15, 0.2) is 0 Å². The number of carboxylic acids is 1. The summed E-state index contributed by atoms with van der Waals surface area (Å²) in [5.41, 5.74) is 1.80. The molecule has 1 aliphatic rings. The highest BCUT2D eigenvalue weighted by Crippen LogP contribution is 2.26. The van der Waals surface area contributed by atoms with E-state index in [4.69, 9.17) is 5.11 Å². The Kier molecular flexibility index (Phi) is 5.03. The molecule has 1 heterocycles. The predicted molar refractivity (Wildman–Crippen MR) is 94.3 cm³/mol. The van der Waals surface area contributed by atoms with Gasteiger partial charge in [0.25, 0.3) is 0 Å². The third-order valence-electron chi connectivity index (χ3n) is 4.90. The number of para-hydroxylation sites is 1. The summed E-state index contributed by atoms with van der Waals surface area (Å²) in [5.74, 6) is -0.843. The molecular weight excluding hydrogens is 320 g/mol. The van der Waals surface area contributed by atoms with Crippen molar-refractivity contribution in [2.24, 2.45) is 7.05 Å². The minimum absolute atomic E-state index is 0.0337. The molecule has 0 aliphatic heterocycles. The van der Waals surface area contributed by atoms with E-state index in [0.717, 1.165) is 29.4 Å². The minimum Gasteiger partial charge on any atom is -0.480 e. The number of aliphatic carboxylic acids is 1. The highest BCUT2D eigenvalue weighted by Gasteiger charge is 2.34. The summed E-state index contributed by atoms with van der Waals surface area (Å²) < 4.78 is 1.79. The number of rotatable bonds is 7. The van der Waals surface area contributed by atoms with Gasteiger partial charge in [-0.3, -0.25) is 19.2 Å². The smallest absolute Gasteiger partial charge is 0.317 e. The molecule has 7 heteroatoms. The van der Waals surface area contributed by atoms with Crippen molar-refractivity contribution in [3.05, 3.63) is 30.0 Å². The van der Waals surface area contributed by atoms with Crippen LogP contribution in [0.3, 0.4) is 0 Å². The minimum atomic E-state index is -0.809. The maximum Gasteiger partial charge on any atom is 0.317 e. The second-order valence-corrected chi connectivity index (χ2v) is 6.61. The summed E-state index contributed by atoms with van der Waals surface area (Å²) in [6, 6.07) is 8.23. The first kappa shape index (κ1) is 17.4. The fourth-order valence-electron chi connectivity index (χ4n) is 3.53. The number of nitrogens with one attached hydrogen (secondary N) is 1. The van der Waals surface area contributed by atoms with Crippen molar-refractivity contribution in [3.8, 4) is 0 Å². The van der Waals surface area contributed by atoms with Crippen LogP contribution in [0.2, 0.25) is 0 Å². The van der Waals surface area contributed by atoms with E-state index in [-0.39, 0.29) is 31.0 Å². The number of benzene rings is 1. The van der Waals surface area contributed by atoms with Gasteiger partial charge in [-0.1, -0.05) is 25.1 Å². The largest absolute Gasteiger partial charge is 0.480 e. The van der Waals surface area contributed by atoms with Gasteiger partial charge >= 0.3 is 5.97 Å². The first-order valence-electron chi connectivity index (χ1n) is 8.63. The standard InChI is InChI=1S/C18H24N4O3/c1-3-22(11-18(24)25)13-8-12(9-13)19-17(23)10-15-14-6-4-5-7-16(14)21(2)20-15/h4-7,12-13H,3,8-11H2,1-2H3,(H,19,23)(H,24,25). The molecule has 25 heavy (non-hydrogen) atoms. The summed E-state index contributed by atoms with van der Waals surface area (Å²) in [6.07, 6.45) is 1.86. The predicted octanol–water partition coefficient (Wildman–Crippen LogP) is 1.17. The lowest BCUT2D eigenvalue weighted by Crippen LogP contribution is -2.55. The van der Waals surface area contributed by atoms with Gasteiger partial charge in [0, 0.05) is 24.5 Å². The molecule has 2 N–H and O–H groups in total. The average molecular weight is 344 g/mol. The van der Waals surface area contributed by atoms with Crippen molar-refractivity contribution < 1.29 is 14.7 Å². The maximum absolute atomic E-state index is 12.3. The Balaban J connectivity index is 1.53. The summed E-state index contributed by atoms with van der Waals surface area (Å²) in [5, 5.41) is 17.4. The van der Waals surface area contributed by atoms with E-state index in [2.05, 4.69) is 10.4 Å². The highest BCUT2D eigenvalue weighted by molar-refractivity contribution is 5.87. The van der Waals surface area contributed by atoms with Crippen molar-refractivity contribution in [3.63, 3.8) is 0 Å². The van der Waals surface area contributed by atoms with Crippen LogP contribution < -0.4 is 5.32 Å². The molecule has 0 unspecified atom stereocenters. The average Bonchev–Trinajstić information content (AvgIpc) is 2.85. The first-order chi connectivity index (χ1) is 12.0. The Morgan fingerprint density at radius 3 is 2.76 bits per heavy atom. The van der Waals surface area contributed by atoms with Gasteiger partial charge in [0.2, 0.25) is 5.91 Å². The summed E-state index contributed by atoms with van der Waals surface area (Å²) in [4.78, 5) is 25.1. The lowest BCUT2D eigenvalue weighted by molar-refractivity contribution is -0.139. The van der Waals surface area contributed by atoms with Gasteiger partial charge in [0.1, 0.15) is 0 Å². The Morgan fingerprint density at radius 2 is 2.08 bits per heavy atom. The van der Waals surface area contributed by atoms with E-state index in [1.54, 1.807) is 4.68 Å². The van der Waals surface area contributed by atoms with Crippen LogP contribution in [-0.4, -0.2) is 56.8 Å². The fourth-order valence-corrected chi connectivity index (χ4v) is 3.53. The first-order valence-corrected chi connectivity index (χ1v) is 8.63. The molecule has 1 fully saturated rings. The quantitative estimate of drug-likeness (QED) is 0.787. The van der Waals surface area contributed by atoms with Crippen molar-refractivity contribution in [2.75, 3.05) is 13.1 Å². The van der Waals surface area contributed by atoms with Crippen LogP contribution in [0.1, 0.15) is 25.5 Å². The zero-order valence-electron chi connectivity index (χ0n) is 14.6. The molecule has 0 bridgehead atoms. The zero-order chi connectivity index (χ0) is 18.0. The van der Waals surface area contributed by atoms with E-state index in [0.29, 0.717) is 6.54 Å². The number of amides is 1. The van der Waals surface area contributed by atoms with Crippen LogP contribution in [0.25, 0.3) is 10.9 Å². The number of aryl methyl sites for hydroxylation is 1. The Hall–Kier alpha value is -2.41. The Bertz CT molecular complexity index is 780. The SMILES string of the molecule is CCN(CC(=O)O)C1CC(NC(=O)Cc2nn(C)c3ccccc23)C1. The number of likely N-dealkylation sites (N-methyl/N-ethyl adjacent to an activating group) is 1. The third kappa shape index (κ3) is 3.82. The zero-order valence-corrected chi connectivity index (χ0v) is 14.6. The number of nitrogens with zero attached hydrogens (tertiary/aromatic N) is 3. The lowest BCUT2D eigenvalue weighted by Gasteiger charge is -2.42. The van der Waals surface area contributed by atoms with E-state index < -0.39 is 5.97 Å². The topological polar surface area (TPSA) is 87.5 Å². The molecule has 1 aromatic carbocycles. The molecule has 3 rings (SSSR count). The van der Waals surface area contributed by atoms with Crippen molar-refractivity contribution >= 4 is 22.8 Å². The van der Waals surface area contributed by atoms with E-state index in [9.17, 15) is 9.59 Å². The molecule has 1 aromatic heterocycles. The van der Waals surface area contributed by atoms with Crippen molar-refractivity contribution in [1.29, 1.82) is 0 Å². The van der Waals surface area contributed by atoms with Gasteiger partial charge < -0.3 is 10.4 Å². The molecule has 7 nitrogen and oxygen atoms in total. The molecule has 0 atom stereocenters. The number of carbonyl (C=O) groups excluding carboxylic acids is 1. The molecular formula is C18H24N4O3. The van der Waals surface area contributed by atoms with Crippen molar-refractivity contribution in [2.45, 2.75) is 38.3 Å². The van der Waals surface area contributed by atoms with Gasteiger partial charge in [-0.25, -0.2) is 0 Å². The molecule has 1 amide bonds. The normalized spacial score (nSPS) is 19.8. The van der Waals surface area contributed by atoms with E-state index >= 15 is 0 Å². The van der Waals surface area contributed by atoms with Gasteiger partial charge in [-0.2, -0.15) is 5.10 Å². The molecule has 0 spiro atoms. The Morgan fingerprint density at radius 1 is 1.36 bits per heavy atom. The molecule has 1 saturated carbocycles. The Labute approximate surface area is 146 Å². The highest BCUT2D eigenvalue weighted by atomic mass is 16.4. The number of hydrogen-bond acceptors (Lipinski definition) is 4. The van der Waals surface area contributed by atoms with Crippen LogP contribution in [-0.2, 0) is 23.1 Å². The summed E-state index contributed by atoms with van der Waals surface area (Å²) in [6.45, 7) is 2.72. The van der Waals surface area contributed by atoms with E-state index in [1.807, 2.05) is 43.1 Å². The number of carbonyl (C=O) groups is 2. The third-order valence-corrected chi connectivity index (χ3v) is 4.90. The number of carboxylic acid groups (broad SMARTS) is 1. The number of hydrogen-bond donors (Lipinski definition) is 2. The second kappa shape index (κ2) is 7.23. The van der Waals surface area contributed by atoms with Gasteiger partial charge in [-0.15, -0.1) is 0 Å². The van der Waals surface area contributed by atoms with Gasteiger partial charge in [-0.05, 0) is 25.5 Å². The molecule has 0 radical (unpaired) electrons. The van der Waals surface area contributed by atoms with Crippen LogP contribution in [0.5, 0.6) is 0 Å². The van der Waals surface area contributed by atoms with Crippen LogP contribution in [0.15, 0.2) is 24.3 Å². The monoisotopic (exact) mass is 344 g/mol. The summed E-state index contributed by atoms with van der Waals surface area (Å²) in [7, 11) is 1.88. The second-order valence-electron chi connectivity index (χ2n) is 6.61. The number of aromatic nitrogens is 2. The summed E-state index contributed by atoms with van der Waals surface area (Å²) >= 11 is 0. The van der Waals surface area contributed by atoms with Crippen molar-refractivity contribution in [1.82, 2.24) is 20.0 Å². The molecule has 0 saturated heterocycles. The van der Waals surface area contributed by atoms with Crippen LogP contribution in [0.4, 0.5) is 0 Å². The van der Waals surface area contributed by atoms with Crippen LogP contribution >= 0.6 is 0 Å². The molecule has 2 aromatic rings. The fraction of sp³-hybridized carbons (Fsp3) is 0.500.